The van der Waals surface area contributed by atoms with Crippen LogP contribution in [0, 0.1) is 34.4 Å². The summed E-state index contributed by atoms with van der Waals surface area (Å²) in [4.78, 5) is 29.8. The Morgan fingerprint density at radius 1 is 0.875 bits per heavy atom. The first kappa shape index (κ1) is 33.6. The lowest BCUT2D eigenvalue weighted by molar-refractivity contribution is 0.111. The molecule has 2 atom stereocenters. The normalized spacial score (nSPS) is 14.6. The Bertz CT molecular complexity index is 1780. The molecule has 0 aliphatic carbocycles. The molecule has 0 bridgehead atoms. The molecule has 4 aromatic carbocycles. The van der Waals surface area contributed by atoms with E-state index in [1.807, 2.05) is 30.3 Å². The van der Waals surface area contributed by atoms with E-state index in [0.717, 1.165) is 30.4 Å². The highest BCUT2D eigenvalue weighted by atomic mass is 19.1. The number of piperidine rings is 1. The largest absolute Gasteiger partial charge is 0.465 e. The summed E-state index contributed by atoms with van der Waals surface area (Å²) in [7, 11) is 0. The SMILES string of the molecule is N#Cc1cccc(NC(=O)NC(Cc2ccccc2)CC(N2CCC(Cc3ccc(F)cc3)CC2)N(C(=O)O)c2cccc(C#N)c2)c1. The van der Waals surface area contributed by atoms with E-state index in [-0.39, 0.29) is 12.2 Å². The van der Waals surface area contributed by atoms with E-state index in [2.05, 4.69) is 27.7 Å². The quantitative estimate of drug-likeness (QED) is 0.159. The van der Waals surface area contributed by atoms with Gasteiger partial charge in [-0.3, -0.25) is 9.80 Å². The van der Waals surface area contributed by atoms with Crippen LogP contribution in [0.15, 0.2) is 103 Å². The number of anilines is 2. The zero-order valence-corrected chi connectivity index (χ0v) is 26.4. The van der Waals surface area contributed by atoms with Crippen molar-refractivity contribution >= 4 is 23.5 Å². The number of carboxylic acid groups (broad SMARTS) is 1. The molecule has 0 aromatic heterocycles. The summed E-state index contributed by atoms with van der Waals surface area (Å²) in [6.07, 6.45) is 1.29. The van der Waals surface area contributed by atoms with Gasteiger partial charge in [-0.2, -0.15) is 10.5 Å². The van der Waals surface area contributed by atoms with Gasteiger partial charge in [0.1, 0.15) is 5.82 Å². The van der Waals surface area contributed by atoms with Crippen LogP contribution in [-0.2, 0) is 12.8 Å². The Balaban J connectivity index is 1.42. The van der Waals surface area contributed by atoms with Gasteiger partial charge in [0.05, 0.1) is 35.1 Å². The minimum atomic E-state index is -1.17. The highest BCUT2D eigenvalue weighted by Crippen LogP contribution is 2.29. The number of amides is 3. The zero-order chi connectivity index (χ0) is 33.9. The van der Waals surface area contributed by atoms with Crippen molar-refractivity contribution in [2.75, 3.05) is 23.3 Å². The highest BCUT2D eigenvalue weighted by Gasteiger charge is 2.35. The Morgan fingerprint density at radius 3 is 2.21 bits per heavy atom. The van der Waals surface area contributed by atoms with E-state index in [0.29, 0.717) is 47.9 Å². The fraction of sp³-hybridized carbons (Fsp3) is 0.263. The van der Waals surface area contributed by atoms with E-state index in [1.165, 1.54) is 17.0 Å². The van der Waals surface area contributed by atoms with Crippen molar-refractivity contribution in [2.24, 2.45) is 5.92 Å². The van der Waals surface area contributed by atoms with E-state index in [1.54, 1.807) is 60.7 Å². The number of halogens is 1. The van der Waals surface area contributed by atoms with Crippen LogP contribution in [0.4, 0.5) is 25.4 Å². The maximum atomic E-state index is 13.5. The molecule has 0 radical (unpaired) electrons. The molecule has 1 fully saturated rings. The lowest BCUT2D eigenvalue weighted by Crippen LogP contribution is -2.56. The number of nitrogens with one attached hydrogen (secondary N) is 2. The van der Waals surface area contributed by atoms with Crippen molar-refractivity contribution in [3.63, 3.8) is 0 Å². The first-order valence-corrected chi connectivity index (χ1v) is 15.9. The number of likely N-dealkylation sites (tertiary alicyclic amines) is 1. The molecule has 1 aliphatic heterocycles. The van der Waals surface area contributed by atoms with Crippen LogP contribution in [0.3, 0.4) is 0 Å². The van der Waals surface area contributed by atoms with Crippen molar-refractivity contribution < 1.29 is 19.1 Å². The number of carbonyl (C=O) groups is 2. The van der Waals surface area contributed by atoms with Crippen molar-refractivity contribution in [2.45, 2.75) is 44.3 Å². The van der Waals surface area contributed by atoms with Crippen LogP contribution < -0.4 is 15.5 Å². The summed E-state index contributed by atoms with van der Waals surface area (Å²) in [5.74, 6) is 0.0782. The molecule has 10 heteroatoms. The van der Waals surface area contributed by atoms with Gasteiger partial charge < -0.3 is 15.7 Å². The van der Waals surface area contributed by atoms with Gasteiger partial charge in [0.2, 0.25) is 0 Å². The number of rotatable bonds is 11. The molecule has 1 heterocycles. The molecule has 0 saturated carbocycles. The predicted octanol–water partition coefficient (Wildman–Crippen LogP) is 7.16. The van der Waals surface area contributed by atoms with Crippen LogP contribution >= 0.6 is 0 Å². The van der Waals surface area contributed by atoms with Gasteiger partial charge in [-0.1, -0.05) is 54.6 Å². The smallest absolute Gasteiger partial charge is 0.413 e. The van der Waals surface area contributed by atoms with E-state index < -0.39 is 24.3 Å². The molecule has 1 saturated heterocycles. The molecule has 2 unspecified atom stereocenters. The average Bonchev–Trinajstić information content (AvgIpc) is 3.09. The van der Waals surface area contributed by atoms with Gasteiger partial charge in [-0.05, 0) is 91.3 Å². The number of urea groups is 1. The third kappa shape index (κ3) is 9.18. The third-order valence-electron chi connectivity index (χ3n) is 8.67. The summed E-state index contributed by atoms with van der Waals surface area (Å²) in [5.41, 5.74) is 3.62. The summed E-state index contributed by atoms with van der Waals surface area (Å²) in [5, 5.41) is 35.4. The first-order valence-electron chi connectivity index (χ1n) is 15.9. The molecule has 244 valence electrons. The zero-order valence-electron chi connectivity index (χ0n) is 26.4. The van der Waals surface area contributed by atoms with Crippen molar-refractivity contribution in [1.29, 1.82) is 10.5 Å². The number of nitriles is 2. The predicted molar refractivity (Wildman–Crippen MR) is 182 cm³/mol. The summed E-state index contributed by atoms with van der Waals surface area (Å²) in [6, 6.07) is 32.6. The van der Waals surface area contributed by atoms with Crippen molar-refractivity contribution in [3.8, 4) is 12.1 Å². The molecule has 0 spiro atoms. The van der Waals surface area contributed by atoms with Crippen LogP contribution in [-0.4, -0.2) is 47.4 Å². The molecule has 48 heavy (non-hydrogen) atoms. The molecule has 3 N–H and O–H groups in total. The topological polar surface area (TPSA) is 132 Å². The Kier molecular flexibility index (Phi) is 11.4. The second kappa shape index (κ2) is 16.2. The van der Waals surface area contributed by atoms with E-state index in [4.69, 9.17) is 0 Å². The lowest BCUT2D eigenvalue weighted by atomic mass is 9.89. The van der Waals surface area contributed by atoms with E-state index in [9.17, 15) is 29.6 Å². The standard InChI is InChI=1S/C38H37FN6O3/c39-32-14-12-28(13-15-32)20-29-16-18-44(19-17-29)36(45(38(47)48)35-11-5-9-31(23-35)26-41)24-34(21-27-6-2-1-3-7-27)43-37(46)42-33-10-4-8-30(22-33)25-40/h1-15,22-23,29,34,36H,16-21,24H2,(H,47,48)(H2,42,43,46). The number of hydrogen-bond acceptors (Lipinski definition) is 5. The molecular weight excluding hydrogens is 607 g/mol. The molecular formula is C38H37FN6O3. The molecule has 3 amide bonds. The number of carbonyl (C=O) groups excluding carboxylic acids is 1. The van der Waals surface area contributed by atoms with Crippen LogP contribution in [0.1, 0.15) is 41.5 Å². The summed E-state index contributed by atoms with van der Waals surface area (Å²) >= 11 is 0. The number of benzene rings is 4. The minimum absolute atomic E-state index is 0.256. The van der Waals surface area contributed by atoms with Crippen LogP contribution in [0.2, 0.25) is 0 Å². The maximum absolute atomic E-state index is 13.5. The van der Waals surface area contributed by atoms with Crippen molar-refractivity contribution in [1.82, 2.24) is 10.2 Å². The Labute approximate surface area is 279 Å². The number of nitrogens with zero attached hydrogens (tertiary/aromatic N) is 4. The first-order chi connectivity index (χ1) is 23.3. The summed E-state index contributed by atoms with van der Waals surface area (Å²) in [6.45, 7) is 1.23. The van der Waals surface area contributed by atoms with Gasteiger partial charge in [-0.25, -0.2) is 14.0 Å². The third-order valence-corrected chi connectivity index (χ3v) is 8.67. The fourth-order valence-corrected chi connectivity index (χ4v) is 6.33. The molecule has 9 nitrogen and oxygen atoms in total. The average molecular weight is 645 g/mol. The van der Waals surface area contributed by atoms with Gasteiger partial charge in [0, 0.05) is 31.2 Å². The van der Waals surface area contributed by atoms with Crippen molar-refractivity contribution in [3.05, 3.63) is 131 Å². The highest BCUT2D eigenvalue weighted by molar-refractivity contribution is 5.90. The Morgan fingerprint density at radius 2 is 1.54 bits per heavy atom. The molecule has 1 aliphatic rings. The van der Waals surface area contributed by atoms with Gasteiger partial charge in [-0.15, -0.1) is 0 Å². The van der Waals surface area contributed by atoms with Crippen LogP contribution in [0.5, 0.6) is 0 Å². The monoisotopic (exact) mass is 644 g/mol. The second-order valence-electron chi connectivity index (χ2n) is 12.0. The van der Waals surface area contributed by atoms with Gasteiger partial charge in [0.25, 0.3) is 0 Å². The fourth-order valence-electron chi connectivity index (χ4n) is 6.33. The lowest BCUT2D eigenvalue weighted by Gasteiger charge is -2.43. The van der Waals surface area contributed by atoms with Gasteiger partial charge in [0.15, 0.2) is 0 Å². The second-order valence-corrected chi connectivity index (χ2v) is 12.0. The van der Waals surface area contributed by atoms with Crippen LogP contribution in [0.25, 0.3) is 0 Å². The summed E-state index contributed by atoms with van der Waals surface area (Å²) < 4.78 is 13.5. The van der Waals surface area contributed by atoms with E-state index >= 15 is 0 Å². The Hall–Kier alpha value is -5.71. The van der Waals surface area contributed by atoms with Gasteiger partial charge >= 0.3 is 12.1 Å². The maximum Gasteiger partial charge on any atom is 0.413 e. The number of hydrogen-bond donors (Lipinski definition) is 3. The minimum Gasteiger partial charge on any atom is -0.465 e. The molecule has 4 aromatic rings. The molecule has 5 rings (SSSR count).